The lowest BCUT2D eigenvalue weighted by atomic mass is 9.98. The fraction of sp³-hybridized carbons (Fsp3) is 0.276. The Bertz CT molecular complexity index is 1480. The third-order valence-corrected chi connectivity index (χ3v) is 6.49. The van der Waals surface area contributed by atoms with Gasteiger partial charge in [0.15, 0.2) is 0 Å². The van der Waals surface area contributed by atoms with E-state index in [-0.39, 0.29) is 5.56 Å². The molecule has 0 N–H and O–H groups in total. The van der Waals surface area contributed by atoms with E-state index < -0.39 is 17.6 Å². The zero-order valence-corrected chi connectivity index (χ0v) is 21.5. The summed E-state index contributed by atoms with van der Waals surface area (Å²) < 4.78 is 44.0. The van der Waals surface area contributed by atoms with Gasteiger partial charge in [-0.15, -0.1) is 0 Å². The number of benzene rings is 2. The van der Waals surface area contributed by atoms with E-state index in [1.165, 1.54) is 11.0 Å². The second-order valence-electron chi connectivity index (χ2n) is 8.83. The van der Waals surface area contributed by atoms with Crippen LogP contribution in [0.5, 0.6) is 0 Å². The van der Waals surface area contributed by atoms with Crippen LogP contribution in [0.4, 0.5) is 13.2 Å². The van der Waals surface area contributed by atoms with Crippen molar-refractivity contribution in [2.75, 3.05) is 33.2 Å². The minimum absolute atomic E-state index is 0.335. The first-order valence-electron chi connectivity index (χ1n) is 12.4. The quantitative estimate of drug-likeness (QED) is 0.334. The van der Waals surface area contributed by atoms with Gasteiger partial charge in [0.2, 0.25) is 0 Å². The number of hydrogen-bond acceptors (Lipinski definition) is 4. The van der Waals surface area contributed by atoms with Crippen LogP contribution in [-0.2, 0) is 6.18 Å². The molecule has 196 valence electrons. The average Bonchev–Trinajstić information content (AvgIpc) is 3.37. The predicted octanol–water partition coefficient (Wildman–Crippen LogP) is 5.97. The molecule has 2 aromatic carbocycles. The Labute approximate surface area is 219 Å². The fourth-order valence-electron chi connectivity index (χ4n) is 4.41. The number of carbonyl (C=O) groups excluding carboxylic acids is 1. The molecule has 0 unspecified atom stereocenters. The zero-order valence-electron chi connectivity index (χ0n) is 21.5. The molecule has 1 aliphatic heterocycles. The summed E-state index contributed by atoms with van der Waals surface area (Å²) in [7, 11) is 1.92. The lowest BCUT2D eigenvalue weighted by molar-refractivity contribution is -0.138. The van der Waals surface area contributed by atoms with Crippen LogP contribution in [0.2, 0.25) is 0 Å². The molecule has 0 atom stereocenters. The summed E-state index contributed by atoms with van der Waals surface area (Å²) in [4.78, 5) is 20.9. The number of nitrogens with zero attached hydrogens (tertiary/aromatic N) is 5. The number of carbonyl (C=O) groups is 1. The Balaban J connectivity index is 0.00000164. The van der Waals surface area contributed by atoms with Gasteiger partial charge in [-0.25, -0.2) is 4.98 Å². The molecule has 1 fully saturated rings. The molecule has 3 heterocycles. The molecule has 0 spiro atoms. The van der Waals surface area contributed by atoms with Crippen LogP contribution >= 0.6 is 0 Å². The maximum atomic E-state index is 14.1. The van der Waals surface area contributed by atoms with Crippen molar-refractivity contribution in [2.45, 2.75) is 20.0 Å². The molecule has 9 heteroatoms. The lowest BCUT2D eigenvalue weighted by Gasteiger charge is -2.33. The van der Waals surface area contributed by atoms with Crippen LogP contribution in [-0.4, -0.2) is 58.3 Å². The number of likely N-dealkylation sites (N-methyl/N-ethyl adjacent to an activating group) is 1. The summed E-state index contributed by atoms with van der Waals surface area (Å²) in [5, 5.41) is 9.04. The minimum atomic E-state index is -4.68. The summed E-state index contributed by atoms with van der Waals surface area (Å²) in [5.41, 5.74) is 2.35. The number of halogens is 3. The van der Waals surface area contributed by atoms with Crippen molar-refractivity contribution in [3.63, 3.8) is 0 Å². The Morgan fingerprint density at radius 3 is 2.18 bits per heavy atom. The summed E-state index contributed by atoms with van der Waals surface area (Å²) in [5.74, 6) is -0.602. The van der Waals surface area contributed by atoms with E-state index in [1.54, 1.807) is 59.3 Å². The highest BCUT2D eigenvalue weighted by atomic mass is 19.4. The molecule has 38 heavy (non-hydrogen) atoms. The second-order valence-corrected chi connectivity index (χ2v) is 8.83. The van der Waals surface area contributed by atoms with Gasteiger partial charge in [-0.05, 0) is 54.6 Å². The molecule has 0 radical (unpaired) electrons. The monoisotopic (exact) mass is 519 g/mol. The van der Waals surface area contributed by atoms with Crippen molar-refractivity contribution in [3.8, 4) is 28.5 Å². The highest BCUT2D eigenvalue weighted by Gasteiger charge is 2.37. The van der Waals surface area contributed by atoms with Gasteiger partial charge in [0.1, 0.15) is 5.65 Å². The van der Waals surface area contributed by atoms with Crippen molar-refractivity contribution in [1.82, 2.24) is 19.2 Å². The Morgan fingerprint density at radius 2 is 1.55 bits per heavy atom. The molecular weight excluding hydrogens is 491 g/mol. The third kappa shape index (κ3) is 5.41. The summed E-state index contributed by atoms with van der Waals surface area (Å²) in [6, 6.07) is 16.4. The van der Waals surface area contributed by atoms with Crippen LogP contribution in [0.15, 0.2) is 67.0 Å². The first kappa shape index (κ1) is 26.9. The van der Waals surface area contributed by atoms with Crippen LogP contribution < -0.4 is 0 Å². The number of hydrogen-bond donors (Lipinski definition) is 0. The zero-order chi connectivity index (χ0) is 27.4. The number of piperazine rings is 1. The predicted molar refractivity (Wildman–Crippen MR) is 141 cm³/mol. The van der Waals surface area contributed by atoms with E-state index in [2.05, 4.69) is 11.1 Å². The van der Waals surface area contributed by atoms with Crippen LogP contribution in [0.1, 0.15) is 35.3 Å². The largest absolute Gasteiger partial charge is 0.417 e. The highest BCUT2D eigenvalue weighted by Crippen LogP contribution is 2.36. The van der Waals surface area contributed by atoms with Crippen molar-refractivity contribution < 1.29 is 18.0 Å². The molecule has 0 saturated carbocycles. The molecule has 6 nitrogen and oxygen atoms in total. The number of fused-ring (bicyclic) bond motifs is 1. The van der Waals surface area contributed by atoms with Crippen LogP contribution in [0.3, 0.4) is 0 Å². The van der Waals surface area contributed by atoms with E-state index in [0.29, 0.717) is 48.5 Å². The highest BCUT2D eigenvalue weighted by molar-refractivity contribution is 5.96. The SMILES string of the molecule is CC.CN1CCN(C(=O)c2ccc(-c3ccc4ncc(-c5ccc(C#N)cc5)n4c3)cc2C(F)(F)F)CC1. The van der Waals surface area contributed by atoms with Crippen molar-refractivity contribution in [2.24, 2.45) is 0 Å². The molecule has 0 bridgehead atoms. The normalized spacial score (nSPS) is 14.1. The molecule has 1 saturated heterocycles. The summed E-state index contributed by atoms with van der Waals surface area (Å²) >= 11 is 0. The number of alkyl halides is 3. The van der Waals surface area contributed by atoms with Crippen molar-refractivity contribution in [3.05, 3.63) is 83.7 Å². The molecule has 0 aliphatic carbocycles. The van der Waals surface area contributed by atoms with Crippen molar-refractivity contribution >= 4 is 11.6 Å². The van der Waals surface area contributed by atoms with Gasteiger partial charge in [-0.3, -0.25) is 9.20 Å². The van der Waals surface area contributed by atoms with E-state index in [4.69, 9.17) is 5.26 Å². The van der Waals surface area contributed by atoms with Crippen molar-refractivity contribution in [1.29, 1.82) is 5.26 Å². The Hall–Kier alpha value is -4.16. The van der Waals surface area contributed by atoms with Gasteiger partial charge >= 0.3 is 6.18 Å². The smallest absolute Gasteiger partial charge is 0.336 e. The third-order valence-electron chi connectivity index (χ3n) is 6.49. The van der Waals surface area contributed by atoms with E-state index in [9.17, 15) is 18.0 Å². The number of aromatic nitrogens is 2. The molecule has 1 aliphatic rings. The molecular formula is C29H28F3N5O. The van der Waals surface area contributed by atoms with E-state index in [0.717, 1.165) is 17.3 Å². The molecule has 4 aromatic rings. The molecule has 5 rings (SSSR count). The Kier molecular flexibility index (Phi) is 7.83. The maximum absolute atomic E-state index is 14.1. The van der Waals surface area contributed by atoms with Gasteiger partial charge in [0, 0.05) is 37.9 Å². The second kappa shape index (κ2) is 11.1. The van der Waals surface area contributed by atoms with Crippen LogP contribution in [0.25, 0.3) is 28.0 Å². The number of pyridine rings is 1. The molecule has 1 amide bonds. The van der Waals surface area contributed by atoms with E-state index in [1.807, 2.05) is 25.8 Å². The number of imidazole rings is 1. The lowest BCUT2D eigenvalue weighted by Crippen LogP contribution is -2.47. The standard InChI is InChI=1S/C27H22F3N5O.C2H6/c1-33-10-12-34(13-11-33)26(36)22-8-6-20(14-23(22)27(28,29)30)21-7-9-25-32-16-24(35(25)17-21)19-4-2-18(15-31)3-5-19;1-2/h2-9,14,16-17H,10-13H2,1H3;1-2H3. The first-order chi connectivity index (χ1) is 18.2. The average molecular weight is 520 g/mol. The number of nitriles is 1. The summed E-state index contributed by atoms with van der Waals surface area (Å²) in [6.07, 6.45) is -1.27. The van der Waals surface area contributed by atoms with Gasteiger partial charge in [0.25, 0.3) is 5.91 Å². The van der Waals surface area contributed by atoms with Gasteiger partial charge in [-0.2, -0.15) is 18.4 Å². The summed E-state index contributed by atoms with van der Waals surface area (Å²) in [6.45, 7) is 6.03. The maximum Gasteiger partial charge on any atom is 0.417 e. The number of rotatable bonds is 3. The number of amides is 1. The van der Waals surface area contributed by atoms with Gasteiger partial charge < -0.3 is 9.80 Å². The Morgan fingerprint density at radius 1 is 0.921 bits per heavy atom. The van der Waals surface area contributed by atoms with E-state index >= 15 is 0 Å². The van der Waals surface area contributed by atoms with Crippen LogP contribution in [0, 0.1) is 11.3 Å². The fourth-order valence-corrected chi connectivity index (χ4v) is 4.41. The first-order valence-corrected chi connectivity index (χ1v) is 12.4. The topological polar surface area (TPSA) is 64.6 Å². The van der Waals surface area contributed by atoms with Gasteiger partial charge in [-0.1, -0.05) is 32.0 Å². The molecule has 2 aromatic heterocycles. The minimum Gasteiger partial charge on any atom is -0.336 e. The van der Waals surface area contributed by atoms with Gasteiger partial charge in [0.05, 0.1) is 34.7 Å².